The third kappa shape index (κ3) is 3.49. The van der Waals surface area contributed by atoms with Crippen LogP contribution < -0.4 is 0 Å². The van der Waals surface area contributed by atoms with Crippen LogP contribution in [-0.2, 0) is 26.1 Å². The molecule has 3 rings (SSSR count). The van der Waals surface area contributed by atoms with Crippen molar-refractivity contribution in [3.8, 4) is 0 Å². The summed E-state index contributed by atoms with van der Waals surface area (Å²) in [6.45, 7) is 4.12. The summed E-state index contributed by atoms with van der Waals surface area (Å²) in [5.74, 6) is 0. The van der Waals surface area contributed by atoms with E-state index in [0.29, 0.717) is 0 Å². The van der Waals surface area contributed by atoms with Crippen molar-refractivity contribution in [1.29, 1.82) is 0 Å². The highest BCUT2D eigenvalue weighted by molar-refractivity contribution is 5.32. The Morgan fingerprint density at radius 3 is 2.71 bits per heavy atom. The van der Waals surface area contributed by atoms with Gasteiger partial charge in [-0.3, -0.25) is 9.88 Å². The van der Waals surface area contributed by atoms with E-state index in [1.807, 2.05) is 6.20 Å². The second-order valence-corrected chi connectivity index (χ2v) is 6.08. The summed E-state index contributed by atoms with van der Waals surface area (Å²) in [5.41, 5.74) is 5.56. The van der Waals surface area contributed by atoms with E-state index in [1.54, 1.807) is 0 Å². The molecule has 0 bridgehead atoms. The Labute approximate surface area is 127 Å². The highest BCUT2D eigenvalue weighted by Gasteiger charge is 2.19. The number of rotatable bonds is 4. The zero-order valence-electron chi connectivity index (χ0n) is 12.9. The lowest BCUT2D eigenvalue weighted by Gasteiger charge is -2.30. The number of nitrogens with zero attached hydrogens (tertiary/aromatic N) is 3. The fraction of sp³-hybridized carbons (Fsp3) is 0.389. The molecule has 3 heteroatoms. The minimum Gasteiger partial charge on any atom is -0.304 e. The zero-order chi connectivity index (χ0) is 14.7. The standard InChI is InChI=1S/C18H23N3/c1-20(2)14-18-17-9-11-21(13-16(17)8-10-19-18)12-15-6-4-3-5-7-15/h3-8,10H,9,11-14H2,1-2H3. The summed E-state index contributed by atoms with van der Waals surface area (Å²) >= 11 is 0. The second kappa shape index (κ2) is 6.37. The Morgan fingerprint density at radius 2 is 1.95 bits per heavy atom. The van der Waals surface area contributed by atoms with Crippen LogP contribution in [0.25, 0.3) is 0 Å². The van der Waals surface area contributed by atoms with Gasteiger partial charge in [0.1, 0.15) is 0 Å². The van der Waals surface area contributed by atoms with Gasteiger partial charge in [-0.25, -0.2) is 0 Å². The van der Waals surface area contributed by atoms with Gasteiger partial charge in [0.25, 0.3) is 0 Å². The van der Waals surface area contributed by atoms with Gasteiger partial charge >= 0.3 is 0 Å². The number of aromatic nitrogens is 1. The molecule has 1 aromatic heterocycles. The maximum absolute atomic E-state index is 4.58. The maximum atomic E-state index is 4.58. The molecule has 0 atom stereocenters. The van der Waals surface area contributed by atoms with E-state index in [1.165, 1.54) is 22.4 Å². The Hall–Kier alpha value is -1.71. The molecule has 0 amide bonds. The van der Waals surface area contributed by atoms with Gasteiger partial charge in [-0.2, -0.15) is 0 Å². The SMILES string of the molecule is CN(C)Cc1nccc2c1CCN(Cc1ccccc1)C2. The van der Waals surface area contributed by atoms with Crippen molar-refractivity contribution in [2.24, 2.45) is 0 Å². The van der Waals surface area contributed by atoms with Crippen molar-refractivity contribution in [3.05, 3.63) is 65.0 Å². The summed E-state index contributed by atoms with van der Waals surface area (Å²) in [6, 6.07) is 12.9. The van der Waals surface area contributed by atoms with Gasteiger partial charge in [-0.1, -0.05) is 30.3 Å². The Balaban J connectivity index is 1.74. The molecule has 0 saturated heterocycles. The summed E-state index contributed by atoms with van der Waals surface area (Å²) < 4.78 is 0. The number of benzene rings is 1. The summed E-state index contributed by atoms with van der Waals surface area (Å²) in [5, 5.41) is 0. The number of pyridine rings is 1. The Bertz CT molecular complexity index is 593. The predicted octanol–water partition coefficient (Wildman–Crippen LogP) is 2.70. The third-order valence-electron chi connectivity index (χ3n) is 4.03. The van der Waals surface area contributed by atoms with Gasteiger partial charge in [0.15, 0.2) is 0 Å². The van der Waals surface area contributed by atoms with E-state index in [-0.39, 0.29) is 0 Å². The fourth-order valence-electron chi connectivity index (χ4n) is 3.04. The predicted molar refractivity (Wildman–Crippen MR) is 85.9 cm³/mol. The lowest BCUT2D eigenvalue weighted by atomic mass is 9.98. The number of fused-ring (bicyclic) bond motifs is 1. The van der Waals surface area contributed by atoms with Crippen LogP contribution in [0.4, 0.5) is 0 Å². The molecule has 0 saturated carbocycles. The average Bonchev–Trinajstić information content (AvgIpc) is 2.48. The van der Waals surface area contributed by atoms with Crippen molar-refractivity contribution in [2.45, 2.75) is 26.1 Å². The molecule has 2 aromatic rings. The summed E-state index contributed by atoms with van der Waals surface area (Å²) in [7, 11) is 4.21. The van der Waals surface area contributed by atoms with Crippen molar-refractivity contribution < 1.29 is 0 Å². The Kier molecular flexibility index (Phi) is 4.32. The van der Waals surface area contributed by atoms with Gasteiger partial charge < -0.3 is 4.90 Å². The molecular formula is C18H23N3. The molecule has 0 radical (unpaired) electrons. The molecule has 1 aliphatic rings. The highest BCUT2D eigenvalue weighted by Crippen LogP contribution is 2.23. The van der Waals surface area contributed by atoms with Gasteiger partial charge in [0, 0.05) is 32.4 Å². The van der Waals surface area contributed by atoms with Crippen LogP contribution in [0.5, 0.6) is 0 Å². The van der Waals surface area contributed by atoms with Crippen molar-refractivity contribution in [2.75, 3.05) is 20.6 Å². The molecule has 0 N–H and O–H groups in total. The summed E-state index contributed by atoms with van der Waals surface area (Å²) in [4.78, 5) is 9.30. The van der Waals surface area contributed by atoms with Crippen LogP contribution in [0.2, 0.25) is 0 Å². The number of hydrogen-bond donors (Lipinski definition) is 0. The van der Waals surface area contributed by atoms with E-state index in [2.05, 4.69) is 65.3 Å². The van der Waals surface area contributed by atoms with Crippen molar-refractivity contribution in [1.82, 2.24) is 14.8 Å². The smallest absolute Gasteiger partial charge is 0.0579 e. The van der Waals surface area contributed by atoms with Crippen LogP contribution >= 0.6 is 0 Å². The third-order valence-corrected chi connectivity index (χ3v) is 4.03. The monoisotopic (exact) mass is 281 g/mol. The molecule has 0 aliphatic carbocycles. The van der Waals surface area contributed by atoms with Gasteiger partial charge in [0.2, 0.25) is 0 Å². The average molecular weight is 281 g/mol. The molecule has 1 aliphatic heterocycles. The highest BCUT2D eigenvalue weighted by atomic mass is 15.1. The molecule has 0 spiro atoms. The van der Waals surface area contributed by atoms with Gasteiger partial charge in [-0.15, -0.1) is 0 Å². The van der Waals surface area contributed by atoms with E-state index in [4.69, 9.17) is 0 Å². The minimum atomic E-state index is 0.932. The lowest BCUT2D eigenvalue weighted by molar-refractivity contribution is 0.243. The molecule has 0 unspecified atom stereocenters. The molecule has 110 valence electrons. The lowest BCUT2D eigenvalue weighted by Crippen LogP contribution is -2.31. The molecule has 3 nitrogen and oxygen atoms in total. The molecule has 0 fully saturated rings. The maximum Gasteiger partial charge on any atom is 0.0579 e. The van der Waals surface area contributed by atoms with Gasteiger partial charge in [0.05, 0.1) is 5.69 Å². The summed E-state index contributed by atoms with van der Waals surface area (Å²) in [6.07, 6.45) is 3.07. The van der Waals surface area contributed by atoms with Crippen LogP contribution in [0.1, 0.15) is 22.4 Å². The normalized spacial score (nSPS) is 15.2. The first-order valence-corrected chi connectivity index (χ1v) is 7.59. The minimum absolute atomic E-state index is 0.932. The molecule has 1 aromatic carbocycles. The van der Waals surface area contributed by atoms with Crippen LogP contribution in [-0.4, -0.2) is 35.4 Å². The second-order valence-electron chi connectivity index (χ2n) is 6.08. The zero-order valence-corrected chi connectivity index (χ0v) is 12.9. The van der Waals surface area contributed by atoms with Crippen LogP contribution in [0.15, 0.2) is 42.6 Å². The molecule has 21 heavy (non-hydrogen) atoms. The van der Waals surface area contributed by atoms with Crippen LogP contribution in [0, 0.1) is 0 Å². The quantitative estimate of drug-likeness (QED) is 0.859. The Morgan fingerprint density at radius 1 is 1.14 bits per heavy atom. The van der Waals surface area contributed by atoms with Crippen molar-refractivity contribution in [3.63, 3.8) is 0 Å². The van der Waals surface area contributed by atoms with E-state index in [9.17, 15) is 0 Å². The van der Waals surface area contributed by atoms with E-state index < -0.39 is 0 Å². The first-order valence-electron chi connectivity index (χ1n) is 7.59. The molecular weight excluding hydrogens is 258 g/mol. The number of hydrogen-bond acceptors (Lipinski definition) is 3. The molecule has 2 heterocycles. The van der Waals surface area contributed by atoms with Gasteiger partial charge in [-0.05, 0) is 43.3 Å². The topological polar surface area (TPSA) is 19.4 Å². The van der Waals surface area contributed by atoms with Crippen LogP contribution in [0.3, 0.4) is 0 Å². The van der Waals surface area contributed by atoms with E-state index in [0.717, 1.165) is 32.6 Å². The largest absolute Gasteiger partial charge is 0.304 e. The fourth-order valence-corrected chi connectivity index (χ4v) is 3.04. The first kappa shape index (κ1) is 14.2. The first-order chi connectivity index (χ1) is 10.2. The van der Waals surface area contributed by atoms with E-state index >= 15 is 0 Å². The van der Waals surface area contributed by atoms with Crippen molar-refractivity contribution >= 4 is 0 Å².